The molecular formula is C26H37N5O2. The predicted molar refractivity (Wildman–Crippen MR) is 132 cm³/mol. The fourth-order valence-electron chi connectivity index (χ4n) is 4.07. The molecule has 0 aliphatic carbocycles. The predicted octanol–water partition coefficient (Wildman–Crippen LogP) is 3.00. The molecule has 1 aliphatic heterocycles. The molecule has 0 aromatic heterocycles. The van der Waals surface area contributed by atoms with Gasteiger partial charge in [0.1, 0.15) is 0 Å². The molecule has 2 aromatic rings. The molecule has 1 fully saturated rings. The molecule has 3 amide bonds. The molecule has 1 aliphatic rings. The molecule has 0 radical (unpaired) electrons. The molecule has 1 atom stereocenters. The summed E-state index contributed by atoms with van der Waals surface area (Å²) in [5.74, 6) is -0.0648. The molecule has 7 nitrogen and oxygen atoms in total. The Balaban J connectivity index is 1.42. The van der Waals surface area contributed by atoms with Gasteiger partial charge in [-0.05, 0) is 50.6 Å². The minimum Gasteiger partial charge on any atom is -0.352 e. The first-order valence-electron chi connectivity index (χ1n) is 11.8. The second kappa shape index (κ2) is 12.4. The first-order chi connectivity index (χ1) is 15.9. The van der Waals surface area contributed by atoms with Crippen LogP contribution in [0, 0.1) is 0 Å². The summed E-state index contributed by atoms with van der Waals surface area (Å²) < 4.78 is 0. The second-order valence-electron chi connectivity index (χ2n) is 9.01. The molecule has 0 bridgehead atoms. The highest BCUT2D eigenvalue weighted by molar-refractivity contribution is 5.94. The van der Waals surface area contributed by atoms with Crippen molar-refractivity contribution in [2.75, 3.05) is 39.8 Å². The summed E-state index contributed by atoms with van der Waals surface area (Å²) in [6, 6.07) is 18.3. The summed E-state index contributed by atoms with van der Waals surface area (Å²) in [5.41, 5.74) is 2.93. The number of piperazine rings is 1. The third-order valence-electron chi connectivity index (χ3n) is 5.88. The number of nitrogens with zero attached hydrogens (tertiary/aromatic N) is 2. The van der Waals surface area contributed by atoms with Crippen molar-refractivity contribution in [1.82, 2.24) is 25.8 Å². The van der Waals surface area contributed by atoms with E-state index in [1.165, 1.54) is 5.56 Å². The van der Waals surface area contributed by atoms with Gasteiger partial charge in [-0.3, -0.25) is 9.69 Å². The standard InChI is InChI=1S/C26H37N5O2/c1-20(2)29-26(33)28-18-21-10-12-23(13-11-21)25(32)27-14-7-15-31-17-16-30(3)19-24(31)22-8-5-4-6-9-22/h4-6,8-13,20,24H,7,14-19H2,1-3H3,(H,27,32)(H2,28,29,33)/t24-/m1/s1. The van der Waals surface area contributed by atoms with E-state index in [1.807, 2.05) is 26.0 Å². The SMILES string of the molecule is CC(C)NC(=O)NCc1ccc(C(=O)NCCCN2CCN(C)C[C@@H]2c2ccccc2)cc1. The quantitative estimate of drug-likeness (QED) is 0.513. The summed E-state index contributed by atoms with van der Waals surface area (Å²) >= 11 is 0. The monoisotopic (exact) mass is 451 g/mol. The van der Waals surface area contributed by atoms with Crippen molar-refractivity contribution < 1.29 is 9.59 Å². The zero-order chi connectivity index (χ0) is 23.6. The van der Waals surface area contributed by atoms with Crippen LogP contribution < -0.4 is 16.0 Å². The van der Waals surface area contributed by atoms with Crippen molar-refractivity contribution in [2.45, 2.75) is 38.9 Å². The van der Waals surface area contributed by atoms with E-state index in [2.05, 4.69) is 63.1 Å². The Morgan fingerprint density at radius 1 is 1.00 bits per heavy atom. The lowest BCUT2D eigenvalue weighted by atomic mass is 10.0. The fraction of sp³-hybridized carbons (Fsp3) is 0.462. The van der Waals surface area contributed by atoms with E-state index in [0.29, 0.717) is 24.7 Å². The Morgan fingerprint density at radius 2 is 1.73 bits per heavy atom. The summed E-state index contributed by atoms with van der Waals surface area (Å²) in [7, 11) is 2.18. The fourth-order valence-corrected chi connectivity index (χ4v) is 4.07. The number of hydrogen-bond donors (Lipinski definition) is 3. The normalized spacial score (nSPS) is 17.0. The summed E-state index contributed by atoms with van der Waals surface area (Å²) in [6.07, 6.45) is 0.908. The maximum absolute atomic E-state index is 12.5. The van der Waals surface area contributed by atoms with Crippen LogP contribution in [-0.4, -0.2) is 67.6 Å². The molecule has 33 heavy (non-hydrogen) atoms. The van der Waals surface area contributed by atoms with Crippen LogP contribution in [0.1, 0.15) is 47.8 Å². The highest BCUT2D eigenvalue weighted by Crippen LogP contribution is 2.24. The van der Waals surface area contributed by atoms with Gasteiger partial charge in [0.15, 0.2) is 0 Å². The van der Waals surface area contributed by atoms with Gasteiger partial charge in [-0.2, -0.15) is 0 Å². The third-order valence-corrected chi connectivity index (χ3v) is 5.88. The lowest BCUT2D eigenvalue weighted by molar-refractivity contribution is 0.0866. The number of carbonyl (C=O) groups is 2. The largest absolute Gasteiger partial charge is 0.352 e. The molecule has 3 N–H and O–H groups in total. The number of hydrogen-bond acceptors (Lipinski definition) is 4. The Hall–Kier alpha value is -2.90. The number of carbonyl (C=O) groups excluding carboxylic acids is 2. The van der Waals surface area contributed by atoms with Crippen LogP contribution in [0.5, 0.6) is 0 Å². The van der Waals surface area contributed by atoms with Gasteiger partial charge in [0.05, 0.1) is 0 Å². The van der Waals surface area contributed by atoms with Crippen LogP contribution in [0.4, 0.5) is 4.79 Å². The minimum atomic E-state index is -0.193. The van der Waals surface area contributed by atoms with E-state index in [4.69, 9.17) is 0 Å². The van der Waals surface area contributed by atoms with E-state index in [9.17, 15) is 9.59 Å². The van der Waals surface area contributed by atoms with Gasteiger partial charge < -0.3 is 20.9 Å². The first kappa shape index (κ1) is 24.7. The van der Waals surface area contributed by atoms with Crippen LogP contribution in [0.2, 0.25) is 0 Å². The van der Waals surface area contributed by atoms with Crippen LogP contribution >= 0.6 is 0 Å². The van der Waals surface area contributed by atoms with E-state index in [-0.39, 0.29) is 18.0 Å². The van der Waals surface area contributed by atoms with Gasteiger partial charge in [-0.15, -0.1) is 0 Å². The second-order valence-corrected chi connectivity index (χ2v) is 9.01. The first-order valence-corrected chi connectivity index (χ1v) is 11.8. The zero-order valence-corrected chi connectivity index (χ0v) is 20.0. The van der Waals surface area contributed by atoms with Crippen molar-refractivity contribution in [3.05, 3.63) is 71.3 Å². The van der Waals surface area contributed by atoms with E-state index in [1.54, 1.807) is 12.1 Å². The van der Waals surface area contributed by atoms with Crippen LogP contribution in [0.15, 0.2) is 54.6 Å². The van der Waals surface area contributed by atoms with Crippen LogP contribution in [0.25, 0.3) is 0 Å². The average molecular weight is 452 g/mol. The topological polar surface area (TPSA) is 76.7 Å². The number of urea groups is 1. The minimum absolute atomic E-state index is 0.0648. The Bertz CT molecular complexity index is 885. The molecule has 0 spiro atoms. The summed E-state index contributed by atoms with van der Waals surface area (Å²) in [5, 5.41) is 8.64. The number of likely N-dealkylation sites (N-methyl/N-ethyl adjacent to an activating group) is 1. The van der Waals surface area contributed by atoms with E-state index < -0.39 is 0 Å². The highest BCUT2D eigenvalue weighted by atomic mass is 16.2. The van der Waals surface area contributed by atoms with Crippen LogP contribution in [-0.2, 0) is 6.54 Å². The molecule has 7 heteroatoms. The molecular weight excluding hydrogens is 414 g/mol. The lowest BCUT2D eigenvalue weighted by Gasteiger charge is -2.40. The average Bonchev–Trinajstić information content (AvgIpc) is 2.81. The number of amides is 3. The van der Waals surface area contributed by atoms with Gasteiger partial charge in [-0.1, -0.05) is 42.5 Å². The number of rotatable bonds is 9. The van der Waals surface area contributed by atoms with Gasteiger partial charge in [0, 0.05) is 56.9 Å². The van der Waals surface area contributed by atoms with E-state index in [0.717, 1.165) is 38.2 Å². The van der Waals surface area contributed by atoms with Crippen molar-refractivity contribution in [1.29, 1.82) is 0 Å². The van der Waals surface area contributed by atoms with Crippen molar-refractivity contribution >= 4 is 11.9 Å². The summed E-state index contributed by atoms with van der Waals surface area (Å²) in [4.78, 5) is 29.1. The van der Waals surface area contributed by atoms with Crippen molar-refractivity contribution in [3.8, 4) is 0 Å². The molecule has 0 saturated carbocycles. The Kier molecular flexibility index (Phi) is 9.27. The number of nitrogens with one attached hydrogen (secondary N) is 3. The van der Waals surface area contributed by atoms with Gasteiger partial charge in [-0.25, -0.2) is 4.79 Å². The van der Waals surface area contributed by atoms with Gasteiger partial charge in [0.2, 0.25) is 0 Å². The maximum Gasteiger partial charge on any atom is 0.315 e. The maximum atomic E-state index is 12.5. The molecule has 1 heterocycles. The number of benzene rings is 2. The van der Waals surface area contributed by atoms with Gasteiger partial charge >= 0.3 is 6.03 Å². The molecule has 2 aromatic carbocycles. The van der Waals surface area contributed by atoms with Crippen LogP contribution in [0.3, 0.4) is 0 Å². The Morgan fingerprint density at radius 3 is 2.42 bits per heavy atom. The van der Waals surface area contributed by atoms with Crippen molar-refractivity contribution in [2.24, 2.45) is 0 Å². The van der Waals surface area contributed by atoms with Gasteiger partial charge in [0.25, 0.3) is 5.91 Å². The molecule has 178 valence electrons. The van der Waals surface area contributed by atoms with E-state index >= 15 is 0 Å². The zero-order valence-electron chi connectivity index (χ0n) is 20.0. The molecule has 1 saturated heterocycles. The summed E-state index contributed by atoms with van der Waals surface area (Å²) in [6.45, 7) is 8.98. The molecule has 0 unspecified atom stereocenters. The third kappa shape index (κ3) is 7.87. The van der Waals surface area contributed by atoms with Crippen molar-refractivity contribution in [3.63, 3.8) is 0 Å². The highest BCUT2D eigenvalue weighted by Gasteiger charge is 2.25. The smallest absolute Gasteiger partial charge is 0.315 e. The Labute approximate surface area is 197 Å². The lowest BCUT2D eigenvalue weighted by Crippen LogP contribution is -2.47. The molecule has 3 rings (SSSR count).